The Hall–Kier alpha value is -1.89. The second-order valence-corrected chi connectivity index (χ2v) is 4.94. The van der Waals surface area contributed by atoms with E-state index in [-0.39, 0.29) is 12.5 Å². The van der Waals surface area contributed by atoms with E-state index in [2.05, 4.69) is 15.5 Å². The number of benzene rings is 1. The average Bonchev–Trinajstić information content (AvgIpc) is 2.87. The second-order valence-electron chi connectivity index (χ2n) is 4.09. The third-order valence-electron chi connectivity index (χ3n) is 2.73. The molecule has 2 rings (SSSR count). The average molecular weight is 278 g/mol. The predicted octanol–water partition coefficient (Wildman–Crippen LogP) is 2.10. The van der Waals surface area contributed by atoms with Gasteiger partial charge in [-0.1, -0.05) is 12.1 Å². The van der Waals surface area contributed by atoms with E-state index in [1.165, 1.54) is 0 Å². The Morgan fingerprint density at radius 2 is 2.21 bits per heavy atom. The Kier molecular flexibility index (Phi) is 4.16. The van der Waals surface area contributed by atoms with Crippen molar-refractivity contribution in [2.24, 2.45) is 0 Å². The van der Waals surface area contributed by atoms with Gasteiger partial charge in [-0.2, -0.15) is 0 Å². The normalized spacial score (nSPS) is 12.3. The minimum atomic E-state index is -0.868. The van der Waals surface area contributed by atoms with Crippen LogP contribution in [0.15, 0.2) is 29.2 Å². The summed E-state index contributed by atoms with van der Waals surface area (Å²) in [5.41, 5.74) is 0.914. The first-order valence-corrected chi connectivity index (χ1v) is 6.99. The zero-order valence-corrected chi connectivity index (χ0v) is 11.5. The van der Waals surface area contributed by atoms with Crippen molar-refractivity contribution in [1.29, 1.82) is 0 Å². The number of carbonyl (C=O) groups is 1. The SMILES string of the molecule is CSc1ccccc1-c1nnnn1C(C)CC(=O)O. The Labute approximate surface area is 114 Å². The molecule has 100 valence electrons. The van der Waals surface area contributed by atoms with Gasteiger partial charge in [0.1, 0.15) is 0 Å². The summed E-state index contributed by atoms with van der Waals surface area (Å²) in [6, 6.07) is 7.49. The molecule has 1 unspecified atom stereocenters. The summed E-state index contributed by atoms with van der Waals surface area (Å²) in [6.07, 6.45) is 1.97. The quantitative estimate of drug-likeness (QED) is 0.843. The molecule has 0 saturated carbocycles. The van der Waals surface area contributed by atoms with E-state index in [1.54, 1.807) is 23.4 Å². The van der Waals surface area contributed by atoms with Crippen LogP contribution in [-0.2, 0) is 4.79 Å². The van der Waals surface area contributed by atoms with Crippen LogP contribution in [0.4, 0.5) is 0 Å². The zero-order chi connectivity index (χ0) is 13.8. The first-order valence-electron chi connectivity index (χ1n) is 5.76. The van der Waals surface area contributed by atoms with E-state index in [9.17, 15) is 4.79 Å². The predicted molar refractivity (Wildman–Crippen MR) is 72.0 cm³/mol. The third kappa shape index (κ3) is 2.93. The van der Waals surface area contributed by atoms with Crippen molar-refractivity contribution in [3.63, 3.8) is 0 Å². The fourth-order valence-electron chi connectivity index (χ4n) is 1.84. The molecule has 1 aromatic carbocycles. The summed E-state index contributed by atoms with van der Waals surface area (Å²) in [5.74, 6) is -0.272. The van der Waals surface area contributed by atoms with E-state index in [0.717, 1.165) is 10.5 Å². The number of thioether (sulfide) groups is 1. The third-order valence-corrected chi connectivity index (χ3v) is 3.52. The van der Waals surface area contributed by atoms with Gasteiger partial charge in [0.05, 0.1) is 12.5 Å². The fourth-order valence-corrected chi connectivity index (χ4v) is 2.43. The number of carboxylic acid groups (broad SMARTS) is 1. The number of rotatable bonds is 5. The molecule has 1 aromatic heterocycles. The highest BCUT2D eigenvalue weighted by Gasteiger charge is 2.18. The van der Waals surface area contributed by atoms with Crippen LogP contribution in [0.5, 0.6) is 0 Å². The highest BCUT2D eigenvalue weighted by molar-refractivity contribution is 7.98. The Bertz CT molecular complexity index is 585. The van der Waals surface area contributed by atoms with Gasteiger partial charge in [-0.3, -0.25) is 4.79 Å². The second kappa shape index (κ2) is 5.83. The van der Waals surface area contributed by atoms with E-state index >= 15 is 0 Å². The highest BCUT2D eigenvalue weighted by Crippen LogP contribution is 2.29. The number of tetrazole rings is 1. The molecular formula is C12H14N4O2S. The number of nitrogens with zero attached hydrogens (tertiary/aromatic N) is 4. The van der Waals surface area contributed by atoms with Crippen molar-refractivity contribution in [3.8, 4) is 11.4 Å². The van der Waals surface area contributed by atoms with Gasteiger partial charge >= 0.3 is 5.97 Å². The molecule has 19 heavy (non-hydrogen) atoms. The Morgan fingerprint density at radius 1 is 1.47 bits per heavy atom. The molecule has 0 spiro atoms. The van der Waals surface area contributed by atoms with E-state index < -0.39 is 5.97 Å². The van der Waals surface area contributed by atoms with E-state index in [1.807, 2.05) is 30.5 Å². The largest absolute Gasteiger partial charge is 0.481 e. The molecule has 1 atom stereocenters. The Morgan fingerprint density at radius 3 is 2.89 bits per heavy atom. The van der Waals surface area contributed by atoms with Gasteiger partial charge in [0.15, 0.2) is 5.82 Å². The van der Waals surface area contributed by atoms with Gasteiger partial charge < -0.3 is 5.11 Å². The molecule has 0 amide bonds. The first-order chi connectivity index (χ1) is 9.13. The molecular weight excluding hydrogens is 264 g/mol. The van der Waals surface area contributed by atoms with Gasteiger partial charge in [0, 0.05) is 10.5 Å². The molecule has 0 bridgehead atoms. The van der Waals surface area contributed by atoms with Crippen LogP contribution in [0.25, 0.3) is 11.4 Å². The van der Waals surface area contributed by atoms with Gasteiger partial charge in [-0.25, -0.2) is 4.68 Å². The molecule has 6 nitrogen and oxygen atoms in total. The highest BCUT2D eigenvalue weighted by atomic mass is 32.2. The molecule has 0 fully saturated rings. The van der Waals surface area contributed by atoms with E-state index in [4.69, 9.17) is 5.11 Å². The van der Waals surface area contributed by atoms with Gasteiger partial charge in [0.2, 0.25) is 0 Å². The standard InChI is InChI=1S/C12H14N4O2S/c1-8(7-11(17)18)16-12(13-14-15-16)9-5-3-4-6-10(9)19-2/h3-6,8H,7H2,1-2H3,(H,17,18). The molecule has 0 radical (unpaired) electrons. The number of aliphatic carboxylic acids is 1. The van der Waals surface area contributed by atoms with E-state index in [0.29, 0.717) is 5.82 Å². The van der Waals surface area contributed by atoms with Crippen LogP contribution in [-0.4, -0.2) is 37.5 Å². The lowest BCUT2D eigenvalue weighted by Crippen LogP contribution is -2.13. The maximum atomic E-state index is 10.8. The lowest BCUT2D eigenvalue weighted by atomic mass is 10.2. The minimum absolute atomic E-state index is 0.0144. The van der Waals surface area contributed by atoms with Gasteiger partial charge in [-0.05, 0) is 35.7 Å². The molecule has 2 aromatic rings. The van der Waals surface area contributed by atoms with Crippen LogP contribution in [0.1, 0.15) is 19.4 Å². The Balaban J connectivity index is 2.41. The molecule has 1 N–H and O–H groups in total. The summed E-state index contributed by atoms with van der Waals surface area (Å²) < 4.78 is 1.56. The van der Waals surface area contributed by atoms with Gasteiger partial charge in [-0.15, -0.1) is 16.9 Å². The van der Waals surface area contributed by atoms with Crippen LogP contribution in [0, 0.1) is 0 Å². The summed E-state index contributed by atoms with van der Waals surface area (Å²) in [4.78, 5) is 11.8. The van der Waals surface area contributed by atoms with Crippen LogP contribution in [0.2, 0.25) is 0 Å². The monoisotopic (exact) mass is 278 g/mol. The smallest absolute Gasteiger partial charge is 0.305 e. The van der Waals surface area contributed by atoms with Crippen molar-refractivity contribution in [3.05, 3.63) is 24.3 Å². The van der Waals surface area contributed by atoms with Crippen molar-refractivity contribution in [1.82, 2.24) is 20.2 Å². The van der Waals surface area contributed by atoms with Gasteiger partial charge in [0.25, 0.3) is 0 Å². The molecule has 0 aliphatic rings. The topological polar surface area (TPSA) is 80.9 Å². The summed E-state index contributed by atoms with van der Waals surface area (Å²) in [5, 5.41) is 20.4. The summed E-state index contributed by atoms with van der Waals surface area (Å²) in [7, 11) is 0. The van der Waals surface area contributed by atoms with Crippen LogP contribution >= 0.6 is 11.8 Å². The van der Waals surface area contributed by atoms with Crippen LogP contribution < -0.4 is 0 Å². The first kappa shape index (κ1) is 13.5. The number of hydrogen-bond donors (Lipinski definition) is 1. The zero-order valence-electron chi connectivity index (χ0n) is 10.6. The number of carboxylic acids is 1. The number of aromatic nitrogens is 4. The van der Waals surface area contributed by atoms with Crippen molar-refractivity contribution in [2.45, 2.75) is 24.3 Å². The molecule has 1 heterocycles. The number of hydrogen-bond acceptors (Lipinski definition) is 5. The summed E-state index contributed by atoms with van der Waals surface area (Å²) in [6.45, 7) is 1.79. The molecule has 0 aliphatic carbocycles. The lowest BCUT2D eigenvalue weighted by molar-refractivity contribution is -0.137. The molecule has 0 aliphatic heterocycles. The van der Waals surface area contributed by atoms with Crippen molar-refractivity contribution >= 4 is 17.7 Å². The van der Waals surface area contributed by atoms with Crippen molar-refractivity contribution in [2.75, 3.05) is 6.26 Å². The van der Waals surface area contributed by atoms with Crippen molar-refractivity contribution < 1.29 is 9.90 Å². The maximum absolute atomic E-state index is 10.8. The van der Waals surface area contributed by atoms with Crippen LogP contribution in [0.3, 0.4) is 0 Å². The minimum Gasteiger partial charge on any atom is -0.481 e. The molecule has 7 heteroatoms. The lowest BCUT2D eigenvalue weighted by Gasteiger charge is -2.12. The fraction of sp³-hybridized carbons (Fsp3) is 0.333. The molecule has 0 saturated heterocycles. The summed E-state index contributed by atoms with van der Waals surface area (Å²) >= 11 is 1.60. The maximum Gasteiger partial charge on any atom is 0.305 e.